The van der Waals surface area contributed by atoms with E-state index in [9.17, 15) is 9.59 Å². The Morgan fingerprint density at radius 1 is 0.893 bits per heavy atom. The third kappa shape index (κ3) is 7.80. The van der Waals surface area contributed by atoms with Crippen LogP contribution in [0, 0.1) is 6.92 Å². The molecule has 2 aromatic carbocycles. The molecule has 0 aliphatic rings. The van der Waals surface area contributed by atoms with Crippen molar-refractivity contribution < 1.29 is 14.3 Å². The van der Waals surface area contributed by atoms with Crippen molar-refractivity contribution in [3.05, 3.63) is 54.1 Å². The molecule has 2 N–H and O–H groups in total. The van der Waals surface area contributed by atoms with Gasteiger partial charge in [-0.2, -0.15) is 0 Å². The first kappa shape index (κ1) is 21.4. The van der Waals surface area contributed by atoms with Gasteiger partial charge in [0, 0.05) is 11.2 Å². The van der Waals surface area contributed by atoms with E-state index >= 15 is 0 Å². The summed E-state index contributed by atoms with van der Waals surface area (Å²) in [6.45, 7) is 8.07. The second-order valence-electron chi connectivity index (χ2n) is 7.96. The van der Waals surface area contributed by atoms with Crippen LogP contribution in [0.1, 0.15) is 26.3 Å². The van der Waals surface area contributed by atoms with Gasteiger partial charge in [-0.1, -0.05) is 17.7 Å². The number of amides is 2. The van der Waals surface area contributed by atoms with E-state index in [1.54, 1.807) is 36.2 Å². The molecule has 2 rings (SSSR count). The maximum Gasteiger partial charge on any atom is 0.238 e. The zero-order valence-corrected chi connectivity index (χ0v) is 17.2. The molecule has 0 aliphatic heterocycles. The van der Waals surface area contributed by atoms with E-state index in [0.717, 1.165) is 5.75 Å². The standard InChI is InChI=1S/C22H29N3O3/c1-16-6-10-18(11-7-16)28-19-12-8-17(9-13-19)23-20(26)14-25(5)15-21(27)24-22(2,3)4/h6-13H,14-15H2,1-5H3,(H,23,26)(H,24,27). The number of anilines is 1. The highest BCUT2D eigenvalue weighted by Gasteiger charge is 2.16. The van der Waals surface area contributed by atoms with Crippen LogP contribution in [0.2, 0.25) is 0 Å². The van der Waals surface area contributed by atoms with Crippen LogP contribution in [-0.2, 0) is 9.59 Å². The number of carbonyl (C=O) groups is 2. The van der Waals surface area contributed by atoms with E-state index in [2.05, 4.69) is 10.6 Å². The zero-order valence-electron chi connectivity index (χ0n) is 17.2. The minimum absolute atomic E-state index is 0.111. The van der Waals surface area contributed by atoms with Crippen LogP contribution in [0.25, 0.3) is 0 Å². The van der Waals surface area contributed by atoms with E-state index < -0.39 is 0 Å². The van der Waals surface area contributed by atoms with E-state index in [4.69, 9.17) is 4.74 Å². The number of hydrogen-bond donors (Lipinski definition) is 2. The monoisotopic (exact) mass is 383 g/mol. The summed E-state index contributed by atoms with van der Waals surface area (Å²) in [6.07, 6.45) is 0. The van der Waals surface area contributed by atoms with Crippen LogP contribution in [0.15, 0.2) is 48.5 Å². The summed E-state index contributed by atoms with van der Waals surface area (Å²) in [5.41, 5.74) is 1.56. The summed E-state index contributed by atoms with van der Waals surface area (Å²) in [6, 6.07) is 15.0. The van der Waals surface area contributed by atoms with Crippen LogP contribution < -0.4 is 15.4 Å². The SMILES string of the molecule is Cc1ccc(Oc2ccc(NC(=O)CN(C)CC(=O)NC(C)(C)C)cc2)cc1. The lowest BCUT2D eigenvalue weighted by molar-refractivity contribution is -0.124. The number of nitrogens with one attached hydrogen (secondary N) is 2. The van der Waals surface area contributed by atoms with Gasteiger partial charge in [-0.3, -0.25) is 14.5 Å². The molecule has 150 valence electrons. The smallest absolute Gasteiger partial charge is 0.238 e. The Kier molecular flexibility index (Phi) is 7.18. The summed E-state index contributed by atoms with van der Waals surface area (Å²) >= 11 is 0. The lowest BCUT2D eigenvalue weighted by Gasteiger charge is -2.23. The normalized spacial score (nSPS) is 11.2. The molecule has 0 atom stereocenters. The highest BCUT2D eigenvalue weighted by atomic mass is 16.5. The molecule has 0 saturated carbocycles. The predicted molar refractivity (Wildman–Crippen MR) is 112 cm³/mol. The molecule has 0 unspecified atom stereocenters. The molecule has 2 amide bonds. The maximum absolute atomic E-state index is 12.2. The van der Waals surface area contributed by atoms with Crippen molar-refractivity contribution in [1.82, 2.24) is 10.2 Å². The Hall–Kier alpha value is -2.86. The van der Waals surface area contributed by atoms with E-state index in [1.807, 2.05) is 52.0 Å². The quantitative estimate of drug-likeness (QED) is 0.767. The second kappa shape index (κ2) is 9.37. The molecule has 2 aromatic rings. The number of likely N-dealkylation sites (N-methyl/N-ethyl adjacent to an activating group) is 1. The molecule has 0 heterocycles. The van der Waals surface area contributed by atoms with Crippen LogP contribution in [0.4, 0.5) is 5.69 Å². The molecule has 0 aliphatic carbocycles. The van der Waals surface area contributed by atoms with Crippen LogP contribution >= 0.6 is 0 Å². The Morgan fingerprint density at radius 3 is 1.93 bits per heavy atom. The average Bonchev–Trinajstić information content (AvgIpc) is 2.56. The fourth-order valence-electron chi connectivity index (χ4n) is 2.55. The number of carbonyl (C=O) groups excluding carboxylic acids is 2. The molecule has 0 bridgehead atoms. The Bertz CT molecular complexity index is 793. The summed E-state index contributed by atoms with van der Waals surface area (Å²) in [5, 5.41) is 5.70. The number of rotatable bonds is 7. The number of aryl methyl sites for hydroxylation is 1. The van der Waals surface area contributed by atoms with Crippen molar-refractivity contribution in [3.63, 3.8) is 0 Å². The Balaban J connectivity index is 1.81. The third-order valence-electron chi connectivity index (χ3n) is 3.74. The van der Waals surface area contributed by atoms with Gasteiger partial charge >= 0.3 is 0 Å². The molecule has 6 nitrogen and oxygen atoms in total. The van der Waals surface area contributed by atoms with Gasteiger partial charge in [0.25, 0.3) is 0 Å². The van der Waals surface area contributed by atoms with Crippen LogP contribution in [0.5, 0.6) is 11.5 Å². The first-order chi connectivity index (χ1) is 13.1. The lowest BCUT2D eigenvalue weighted by atomic mass is 10.1. The largest absolute Gasteiger partial charge is 0.457 e. The van der Waals surface area contributed by atoms with Crippen molar-refractivity contribution >= 4 is 17.5 Å². The first-order valence-corrected chi connectivity index (χ1v) is 9.25. The molecule has 0 fully saturated rings. The summed E-state index contributed by atoms with van der Waals surface area (Å²) in [7, 11) is 1.74. The molecule has 0 aromatic heterocycles. The summed E-state index contributed by atoms with van der Waals surface area (Å²) < 4.78 is 5.78. The van der Waals surface area contributed by atoms with Gasteiger partial charge in [-0.05, 0) is 71.1 Å². The molecule has 6 heteroatoms. The molecule has 28 heavy (non-hydrogen) atoms. The third-order valence-corrected chi connectivity index (χ3v) is 3.74. The van der Waals surface area contributed by atoms with Gasteiger partial charge in [0.15, 0.2) is 0 Å². The topological polar surface area (TPSA) is 70.7 Å². The molecular weight excluding hydrogens is 354 g/mol. The van der Waals surface area contributed by atoms with Gasteiger partial charge in [0.05, 0.1) is 13.1 Å². The van der Waals surface area contributed by atoms with Gasteiger partial charge < -0.3 is 15.4 Å². The van der Waals surface area contributed by atoms with Crippen molar-refractivity contribution in [3.8, 4) is 11.5 Å². The fraction of sp³-hybridized carbons (Fsp3) is 0.364. The van der Waals surface area contributed by atoms with E-state index in [0.29, 0.717) is 11.4 Å². The number of benzene rings is 2. The molecule has 0 saturated heterocycles. The number of ether oxygens (including phenoxy) is 1. The summed E-state index contributed by atoms with van der Waals surface area (Å²) in [5.74, 6) is 1.16. The van der Waals surface area contributed by atoms with Gasteiger partial charge in [-0.15, -0.1) is 0 Å². The minimum Gasteiger partial charge on any atom is -0.457 e. The van der Waals surface area contributed by atoms with Gasteiger partial charge in [0.1, 0.15) is 11.5 Å². The van der Waals surface area contributed by atoms with Crippen LogP contribution in [0.3, 0.4) is 0 Å². The number of nitrogens with zero attached hydrogens (tertiary/aromatic N) is 1. The highest BCUT2D eigenvalue weighted by molar-refractivity contribution is 5.92. The van der Waals surface area contributed by atoms with Crippen molar-refractivity contribution in [2.45, 2.75) is 33.2 Å². The minimum atomic E-state index is -0.289. The van der Waals surface area contributed by atoms with E-state index in [1.165, 1.54) is 5.56 Å². The van der Waals surface area contributed by atoms with Gasteiger partial charge in [0.2, 0.25) is 11.8 Å². The zero-order chi connectivity index (χ0) is 20.7. The van der Waals surface area contributed by atoms with Crippen molar-refractivity contribution in [2.24, 2.45) is 0 Å². The Labute approximate surface area is 166 Å². The van der Waals surface area contributed by atoms with Crippen molar-refractivity contribution in [1.29, 1.82) is 0 Å². The molecular formula is C22H29N3O3. The van der Waals surface area contributed by atoms with Crippen LogP contribution in [-0.4, -0.2) is 42.4 Å². The number of hydrogen-bond acceptors (Lipinski definition) is 4. The highest BCUT2D eigenvalue weighted by Crippen LogP contribution is 2.23. The molecule has 0 spiro atoms. The van der Waals surface area contributed by atoms with E-state index in [-0.39, 0.29) is 30.4 Å². The Morgan fingerprint density at radius 2 is 1.39 bits per heavy atom. The first-order valence-electron chi connectivity index (χ1n) is 9.25. The van der Waals surface area contributed by atoms with Gasteiger partial charge in [-0.25, -0.2) is 0 Å². The average molecular weight is 383 g/mol. The lowest BCUT2D eigenvalue weighted by Crippen LogP contribution is -2.46. The molecule has 0 radical (unpaired) electrons. The predicted octanol–water partition coefficient (Wildman–Crippen LogP) is 3.57. The second-order valence-corrected chi connectivity index (χ2v) is 7.96. The summed E-state index contributed by atoms with van der Waals surface area (Å²) in [4.78, 5) is 25.8. The fourth-order valence-corrected chi connectivity index (χ4v) is 2.55. The van der Waals surface area contributed by atoms with Crippen molar-refractivity contribution in [2.75, 3.05) is 25.5 Å². The maximum atomic E-state index is 12.2.